The average molecular weight is 469 g/mol. The largest absolute Gasteiger partial charge is 0.466 e. The highest BCUT2D eigenvalue weighted by Crippen LogP contribution is 2.40. The number of rotatable bonds is 9. The zero-order chi connectivity index (χ0) is 23.0. The summed E-state index contributed by atoms with van der Waals surface area (Å²) in [4.78, 5) is 11.7. The molecule has 0 aromatic heterocycles. The number of likely N-dealkylation sites (N-methyl/N-ethyl adjacent to an activating group) is 1. The minimum Gasteiger partial charge on any atom is -0.466 e. The van der Waals surface area contributed by atoms with E-state index in [4.69, 9.17) is 16.3 Å². The molecule has 0 aliphatic carbocycles. The van der Waals surface area contributed by atoms with Crippen molar-refractivity contribution in [3.05, 3.63) is 52.2 Å². The quantitative estimate of drug-likeness (QED) is 0.409. The highest BCUT2D eigenvalue weighted by Gasteiger charge is 2.36. The Hall–Kier alpha value is -1.83. The van der Waals surface area contributed by atoms with Gasteiger partial charge in [-0.05, 0) is 62.9 Å². The number of carbonyl (C=O) groups is 1. The summed E-state index contributed by atoms with van der Waals surface area (Å²) >= 11 is 6.16. The summed E-state index contributed by atoms with van der Waals surface area (Å²) in [6.45, 7) is 6.81. The molecule has 1 aromatic carbocycles. The number of carbonyl (C=O) groups excluding carboxylic acids is 1. The third-order valence-electron chi connectivity index (χ3n) is 5.29. The topological polar surface area (TPSA) is 75.7 Å². The van der Waals surface area contributed by atoms with E-state index in [2.05, 4.69) is 5.32 Å². The molecule has 1 unspecified atom stereocenters. The van der Waals surface area contributed by atoms with E-state index < -0.39 is 10.0 Å². The molecule has 1 aliphatic heterocycles. The maximum absolute atomic E-state index is 13.3. The van der Waals surface area contributed by atoms with Gasteiger partial charge < -0.3 is 10.1 Å². The summed E-state index contributed by atoms with van der Waals surface area (Å²) in [5.74, 6) is -0.163. The summed E-state index contributed by atoms with van der Waals surface area (Å²) < 4.78 is 33.0. The molecule has 0 fully saturated rings. The average Bonchev–Trinajstić information content (AvgIpc) is 2.79. The Kier molecular flexibility index (Phi) is 9.59. The monoisotopic (exact) mass is 468 g/mol. The standard InChI is InChI=1S/C23H33ClN2O4S/c1-5-11-20-18(6-2)23(25-15-10-8-9-12-22(27)30-7-3)19-14-13-17(24)16-21(19)31(28,29)26(20)4/h6,11,13-14,16,23,25H,5,7-10,12,15H2,1-4H3/b18-6+,20-11+. The van der Waals surface area contributed by atoms with E-state index in [0.29, 0.717) is 42.3 Å². The van der Waals surface area contributed by atoms with E-state index in [1.54, 1.807) is 26.1 Å². The molecule has 0 radical (unpaired) electrons. The molecule has 172 valence electrons. The third-order valence-corrected chi connectivity index (χ3v) is 7.35. The number of benzene rings is 1. The first-order valence-corrected chi connectivity index (χ1v) is 12.6. The molecule has 1 aliphatic rings. The van der Waals surface area contributed by atoms with Crippen LogP contribution in [0.25, 0.3) is 0 Å². The van der Waals surface area contributed by atoms with E-state index in [1.807, 2.05) is 26.0 Å². The van der Waals surface area contributed by atoms with Crippen LogP contribution in [0.5, 0.6) is 0 Å². The number of halogens is 1. The van der Waals surface area contributed by atoms with Gasteiger partial charge in [0.15, 0.2) is 0 Å². The SMILES string of the molecule is C/C=C1\C(=C/CC)N(C)S(=O)(=O)c2cc(Cl)ccc2C1NCCCCCC(=O)OCC. The summed E-state index contributed by atoms with van der Waals surface area (Å²) in [5.41, 5.74) is 2.29. The molecule has 8 heteroatoms. The zero-order valence-corrected chi connectivity index (χ0v) is 20.4. The van der Waals surface area contributed by atoms with Crippen LogP contribution in [0.1, 0.15) is 64.5 Å². The molecule has 1 N–H and O–H groups in total. The van der Waals surface area contributed by atoms with E-state index in [1.165, 1.54) is 10.4 Å². The van der Waals surface area contributed by atoms with Gasteiger partial charge in [-0.1, -0.05) is 43.2 Å². The minimum absolute atomic E-state index is 0.163. The van der Waals surface area contributed by atoms with Gasteiger partial charge in [0.05, 0.1) is 23.2 Å². The van der Waals surface area contributed by atoms with Crippen LogP contribution in [0, 0.1) is 0 Å². The number of allylic oxidation sites excluding steroid dienone is 2. The molecule has 1 atom stereocenters. The highest BCUT2D eigenvalue weighted by atomic mass is 35.5. The van der Waals surface area contributed by atoms with E-state index in [-0.39, 0.29) is 16.9 Å². The molecule has 0 saturated heterocycles. The number of ether oxygens (including phenoxy) is 1. The number of unbranched alkanes of at least 4 members (excludes halogenated alkanes) is 2. The van der Waals surface area contributed by atoms with Crippen molar-refractivity contribution in [1.29, 1.82) is 0 Å². The van der Waals surface area contributed by atoms with Crippen molar-refractivity contribution < 1.29 is 17.9 Å². The first kappa shape index (κ1) is 25.4. The van der Waals surface area contributed by atoms with Crippen molar-refractivity contribution >= 4 is 27.6 Å². The van der Waals surface area contributed by atoms with Crippen molar-refractivity contribution in [2.75, 3.05) is 20.2 Å². The number of nitrogens with zero attached hydrogens (tertiary/aromatic N) is 1. The van der Waals surface area contributed by atoms with Gasteiger partial charge >= 0.3 is 5.97 Å². The number of hydrogen-bond donors (Lipinski definition) is 1. The van der Waals surface area contributed by atoms with Crippen LogP contribution in [0.15, 0.2) is 46.5 Å². The first-order valence-electron chi connectivity index (χ1n) is 10.8. The minimum atomic E-state index is -3.73. The van der Waals surface area contributed by atoms with Crippen molar-refractivity contribution in [2.24, 2.45) is 0 Å². The number of sulfonamides is 1. The van der Waals surface area contributed by atoms with Gasteiger partial charge in [-0.15, -0.1) is 0 Å². The Labute approximate surface area is 191 Å². The Morgan fingerprint density at radius 1 is 1.26 bits per heavy atom. The number of nitrogens with one attached hydrogen (secondary N) is 1. The summed E-state index contributed by atoms with van der Waals surface area (Å²) in [6, 6.07) is 4.77. The lowest BCUT2D eigenvalue weighted by atomic mass is 9.95. The fraction of sp³-hybridized carbons (Fsp3) is 0.522. The van der Waals surface area contributed by atoms with Crippen LogP contribution in [0.3, 0.4) is 0 Å². The van der Waals surface area contributed by atoms with Gasteiger partial charge in [0.1, 0.15) is 0 Å². The van der Waals surface area contributed by atoms with Crippen molar-refractivity contribution in [3.63, 3.8) is 0 Å². The van der Waals surface area contributed by atoms with Crippen LogP contribution in [0.4, 0.5) is 0 Å². The normalized spacial score (nSPS) is 20.5. The maximum Gasteiger partial charge on any atom is 0.305 e. The number of esters is 1. The van der Waals surface area contributed by atoms with Gasteiger partial charge in [-0.25, -0.2) is 8.42 Å². The smallest absolute Gasteiger partial charge is 0.305 e. The first-order chi connectivity index (χ1) is 14.8. The second-order valence-corrected chi connectivity index (χ2v) is 9.77. The Balaban J connectivity index is 2.27. The molecule has 0 amide bonds. The van der Waals surface area contributed by atoms with Crippen LogP contribution < -0.4 is 5.32 Å². The van der Waals surface area contributed by atoms with Crippen molar-refractivity contribution in [1.82, 2.24) is 9.62 Å². The molecule has 6 nitrogen and oxygen atoms in total. The predicted molar refractivity (Wildman–Crippen MR) is 124 cm³/mol. The van der Waals surface area contributed by atoms with Crippen LogP contribution in [0.2, 0.25) is 5.02 Å². The lowest BCUT2D eigenvalue weighted by Crippen LogP contribution is -2.27. The summed E-state index contributed by atoms with van der Waals surface area (Å²) in [7, 11) is -2.15. The van der Waals surface area contributed by atoms with Gasteiger partial charge in [0, 0.05) is 18.5 Å². The second-order valence-electron chi connectivity index (χ2n) is 7.40. The summed E-state index contributed by atoms with van der Waals surface area (Å²) in [5, 5.41) is 3.93. The lowest BCUT2D eigenvalue weighted by molar-refractivity contribution is -0.143. The molecular weight excluding hydrogens is 436 g/mol. The maximum atomic E-state index is 13.3. The molecule has 1 aromatic rings. The Morgan fingerprint density at radius 2 is 2.00 bits per heavy atom. The molecule has 0 saturated carbocycles. The molecule has 0 spiro atoms. The Bertz CT molecular complexity index is 941. The fourth-order valence-electron chi connectivity index (χ4n) is 3.77. The predicted octanol–water partition coefficient (Wildman–Crippen LogP) is 4.97. The molecule has 31 heavy (non-hydrogen) atoms. The zero-order valence-electron chi connectivity index (χ0n) is 18.8. The van der Waals surface area contributed by atoms with Crippen molar-refractivity contribution in [3.8, 4) is 0 Å². The number of hydrogen-bond acceptors (Lipinski definition) is 5. The molecular formula is C23H33ClN2O4S. The van der Waals surface area contributed by atoms with Gasteiger partial charge in [-0.2, -0.15) is 0 Å². The summed E-state index contributed by atoms with van der Waals surface area (Å²) in [6.07, 6.45) is 7.56. The van der Waals surface area contributed by atoms with E-state index >= 15 is 0 Å². The second kappa shape index (κ2) is 11.7. The Morgan fingerprint density at radius 3 is 2.65 bits per heavy atom. The third kappa shape index (κ3) is 6.11. The van der Waals surface area contributed by atoms with Crippen LogP contribution in [-0.4, -0.2) is 38.9 Å². The van der Waals surface area contributed by atoms with Crippen LogP contribution >= 0.6 is 11.6 Å². The van der Waals surface area contributed by atoms with Gasteiger partial charge in [-0.3, -0.25) is 9.10 Å². The lowest BCUT2D eigenvalue weighted by Gasteiger charge is -2.25. The van der Waals surface area contributed by atoms with Crippen LogP contribution in [-0.2, 0) is 19.6 Å². The van der Waals surface area contributed by atoms with Crippen molar-refractivity contribution in [2.45, 2.75) is 63.8 Å². The van der Waals surface area contributed by atoms with E-state index in [0.717, 1.165) is 24.8 Å². The molecule has 2 rings (SSSR count). The van der Waals surface area contributed by atoms with Gasteiger partial charge in [0.2, 0.25) is 0 Å². The number of fused-ring (bicyclic) bond motifs is 1. The van der Waals surface area contributed by atoms with Gasteiger partial charge in [0.25, 0.3) is 10.0 Å². The fourth-order valence-corrected chi connectivity index (χ4v) is 5.50. The highest BCUT2D eigenvalue weighted by molar-refractivity contribution is 7.89. The molecule has 1 heterocycles. The molecule has 0 bridgehead atoms. The van der Waals surface area contributed by atoms with E-state index in [9.17, 15) is 13.2 Å².